The Balaban J connectivity index is 1.70. The predicted octanol–water partition coefficient (Wildman–Crippen LogP) is 0.452. The molecule has 0 radical (unpaired) electrons. The third-order valence-electron chi connectivity index (χ3n) is 3.49. The largest absolute Gasteiger partial charge is 0.349 e. The highest BCUT2D eigenvalue weighted by atomic mass is 16.1. The molecule has 2 N–H and O–H groups in total. The predicted molar refractivity (Wildman–Crippen MR) is 72.4 cm³/mol. The number of aryl methyl sites for hydroxylation is 1. The van der Waals surface area contributed by atoms with E-state index in [2.05, 4.69) is 20.5 Å². The molecule has 0 unspecified atom stereocenters. The van der Waals surface area contributed by atoms with E-state index in [-0.39, 0.29) is 17.5 Å². The number of hydrogen-bond acceptors (Lipinski definition) is 4. The molecule has 3 rings (SSSR count). The lowest BCUT2D eigenvalue weighted by molar-refractivity contribution is 0.0933. The maximum atomic E-state index is 12.0. The van der Waals surface area contributed by atoms with Crippen molar-refractivity contribution in [2.75, 3.05) is 0 Å². The molecule has 0 saturated heterocycles. The zero-order valence-corrected chi connectivity index (χ0v) is 10.8. The summed E-state index contributed by atoms with van der Waals surface area (Å²) in [4.78, 5) is 26.1. The molecule has 0 aliphatic heterocycles. The lowest BCUT2D eigenvalue weighted by atomic mass is 9.92. The van der Waals surface area contributed by atoms with E-state index in [1.165, 1.54) is 18.5 Å². The molecule has 2 aromatic rings. The first-order valence-corrected chi connectivity index (χ1v) is 6.51. The Hall–Kier alpha value is -2.50. The van der Waals surface area contributed by atoms with Gasteiger partial charge in [0, 0.05) is 17.8 Å². The van der Waals surface area contributed by atoms with Crippen LogP contribution in [0.2, 0.25) is 0 Å². The fourth-order valence-electron chi connectivity index (χ4n) is 2.46. The van der Waals surface area contributed by atoms with Gasteiger partial charge in [0.05, 0.1) is 18.0 Å². The van der Waals surface area contributed by atoms with Crippen molar-refractivity contribution >= 4 is 5.91 Å². The van der Waals surface area contributed by atoms with Crippen molar-refractivity contribution in [2.45, 2.75) is 25.3 Å². The van der Waals surface area contributed by atoms with E-state index in [4.69, 9.17) is 0 Å². The van der Waals surface area contributed by atoms with Gasteiger partial charge in [0.2, 0.25) is 5.56 Å². The number of aromatic nitrogens is 3. The molecule has 1 atom stereocenters. The van der Waals surface area contributed by atoms with Gasteiger partial charge in [-0.05, 0) is 30.9 Å². The van der Waals surface area contributed by atoms with E-state index >= 15 is 0 Å². The van der Waals surface area contributed by atoms with Crippen molar-refractivity contribution in [3.63, 3.8) is 0 Å². The molecular weight excluding hydrogens is 256 g/mol. The second-order valence-electron chi connectivity index (χ2n) is 4.87. The molecule has 6 nitrogen and oxygen atoms in total. The van der Waals surface area contributed by atoms with Gasteiger partial charge in [0.1, 0.15) is 0 Å². The molecule has 0 spiro atoms. The average Bonchev–Trinajstić information content (AvgIpc) is 2.48. The van der Waals surface area contributed by atoms with Gasteiger partial charge in [0.25, 0.3) is 5.91 Å². The highest BCUT2D eigenvalue weighted by Crippen LogP contribution is 2.18. The molecular formula is C14H14N4O2. The van der Waals surface area contributed by atoms with Crippen molar-refractivity contribution < 1.29 is 4.79 Å². The fraction of sp³-hybridized carbons (Fsp3) is 0.286. The Bertz CT molecular complexity index is 681. The zero-order valence-electron chi connectivity index (χ0n) is 10.8. The van der Waals surface area contributed by atoms with Crippen LogP contribution < -0.4 is 10.9 Å². The Morgan fingerprint density at radius 1 is 1.30 bits per heavy atom. The van der Waals surface area contributed by atoms with Crippen molar-refractivity contribution in [1.29, 1.82) is 0 Å². The summed E-state index contributed by atoms with van der Waals surface area (Å²) >= 11 is 0. The summed E-state index contributed by atoms with van der Waals surface area (Å²) in [7, 11) is 0. The van der Waals surface area contributed by atoms with E-state index in [1.54, 1.807) is 6.07 Å². The summed E-state index contributed by atoms with van der Waals surface area (Å²) in [5.74, 6) is -0.141. The van der Waals surface area contributed by atoms with Crippen molar-refractivity contribution in [3.8, 4) is 0 Å². The van der Waals surface area contributed by atoms with Crippen LogP contribution >= 0.6 is 0 Å². The number of hydrogen-bond donors (Lipinski definition) is 2. The Labute approximate surface area is 115 Å². The first kappa shape index (κ1) is 12.5. The number of nitrogens with one attached hydrogen (secondary N) is 2. The standard InChI is InChI=1S/C14H14N4O2/c19-13-4-1-9-7-11(2-3-12(9)18-13)17-14(20)10-5-6-15-16-8-10/h1,4-6,8,11H,2-3,7H2,(H,17,20)(H,18,19)/t11-/m1/s1. The fourth-order valence-corrected chi connectivity index (χ4v) is 2.46. The van der Waals surface area contributed by atoms with E-state index < -0.39 is 0 Å². The minimum absolute atomic E-state index is 0.0749. The van der Waals surface area contributed by atoms with Gasteiger partial charge in [-0.1, -0.05) is 6.07 Å². The quantitative estimate of drug-likeness (QED) is 0.829. The van der Waals surface area contributed by atoms with Crippen LogP contribution in [0, 0.1) is 0 Å². The number of fused-ring (bicyclic) bond motifs is 1. The number of nitrogens with zero attached hydrogens (tertiary/aromatic N) is 2. The molecule has 0 fully saturated rings. The molecule has 2 heterocycles. The van der Waals surface area contributed by atoms with Gasteiger partial charge in [-0.15, -0.1) is 0 Å². The van der Waals surface area contributed by atoms with Crippen molar-refractivity contribution in [2.24, 2.45) is 0 Å². The number of H-pyrrole nitrogens is 1. The lowest BCUT2D eigenvalue weighted by Crippen LogP contribution is -2.39. The number of amides is 1. The van der Waals surface area contributed by atoms with E-state index in [1.807, 2.05) is 6.07 Å². The smallest absolute Gasteiger partial charge is 0.253 e. The summed E-state index contributed by atoms with van der Waals surface area (Å²) in [5, 5.41) is 10.3. The van der Waals surface area contributed by atoms with Crippen LogP contribution in [0.1, 0.15) is 28.0 Å². The van der Waals surface area contributed by atoms with Gasteiger partial charge in [0.15, 0.2) is 0 Å². The molecule has 6 heteroatoms. The van der Waals surface area contributed by atoms with Crippen LogP contribution in [0.4, 0.5) is 0 Å². The Morgan fingerprint density at radius 2 is 2.20 bits per heavy atom. The maximum absolute atomic E-state index is 12.0. The normalized spacial score (nSPS) is 17.3. The number of carbonyl (C=O) groups is 1. The Kier molecular flexibility index (Phi) is 3.28. The molecule has 2 aromatic heterocycles. The number of carbonyl (C=O) groups excluding carboxylic acids is 1. The summed E-state index contributed by atoms with van der Waals surface area (Å²) < 4.78 is 0. The van der Waals surface area contributed by atoms with E-state index in [9.17, 15) is 9.59 Å². The zero-order chi connectivity index (χ0) is 13.9. The van der Waals surface area contributed by atoms with E-state index in [0.717, 1.165) is 30.5 Å². The molecule has 102 valence electrons. The monoisotopic (exact) mass is 270 g/mol. The lowest BCUT2D eigenvalue weighted by Gasteiger charge is -2.25. The highest BCUT2D eigenvalue weighted by Gasteiger charge is 2.21. The first-order chi connectivity index (χ1) is 9.72. The molecule has 0 saturated carbocycles. The molecule has 1 aliphatic rings. The molecule has 0 bridgehead atoms. The molecule has 1 amide bonds. The van der Waals surface area contributed by atoms with Crippen molar-refractivity contribution in [1.82, 2.24) is 20.5 Å². The average molecular weight is 270 g/mol. The molecule has 0 aromatic carbocycles. The van der Waals surface area contributed by atoms with Gasteiger partial charge in [-0.25, -0.2) is 0 Å². The van der Waals surface area contributed by atoms with Crippen LogP contribution in [0.15, 0.2) is 35.4 Å². The highest BCUT2D eigenvalue weighted by molar-refractivity contribution is 5.93. The number of pyridine rings is 1. The van der Waals surface area contributed by atoms with Crippen LogP contribution in [-0.4, -0.2) is 27.1 Å². The van der Waals surface area contributed by atoms with Gasteiger partial charge >= 0.3 is 0 Å². The third kappa shape index (κ3) is 2.59. The van der Waals surface area contributed by atoms with Crippen molar-refractivity contribution in [3.05, 3.63) is 57.8 Å². The maximum Gasteiger partial charge on any atom is 0.253 e. The summed E-state index contributed by atoms with van der Waals surface area (Å²) in [6.45, 7) is 0. The minimum Gasteiger partial charge on any atom is -0.349 e. The first-order valence-electron chi connectivity index (χ1n) is 6.51. The van der Waals surface area contributed by atoms with Gasteiger partial charge < -0.3 is 10.3 Å². The summed E-state index contributed by atoms with van der Waals surface area (Å²) in [6, 6.07) is 5.07. The Morgan fingerprint density at radius 3 is 3.00 bits per heavy atom. The van der Waals surface area contributed by atoms with Crippen LogP contribution in [0.5, 0.6) is 0 Å². The number of rotatable bonds is 2. The topological polar surface area (TPSA) is 87.7 Å². The van der Waals surface area contributed by atoms with E-state index in [0.29, 0.717) is 5.56 Å². The van der Waals surface area contributed by atoms with Crippen LogP contribution in [0.3, 0.4) is 0 Å². The van der Waals surface area contributed by atoms with Gasteiger partial charge in [-0.3, -0.25) is 9.59 Å². The van der Waals surface area contributed by atoms with Crippen LogP contribution in [0.25, 0.3) is 0 Å². The molecule has 1 aliphatic carbocycles. The minimum atomic E-state index is -0.141. The van der Waals surface area contributed by atoms with Crippen LogP contribution in [-0.2, 0) is 12.8 Å². The number of aromatic amines is 1. The second-order valence-corrected chi connectivity index (χ2v) is 4.87. The van der Waals surface area contributed by atoms with Gasteiger partial charge in [-0.2, -0.15) is 10.2 Å². The third-order valence-corrected chi connectivity index (χ3v) is 3.49. The second kappa shape index (κ2) is 5.24. The summed E-state index contributed by atoms with van der Waals surface area (Å²) in [5.41, 5.74) is 2.50. The SMILES string of the molecule is O=C(N[C@@H]1CCc2[nH]c(=O)ccc2C1)c1ccnnc1. The molecule has 20 heavy (non-hydrogen) atoms. The summed E-state index contributed by atoms with van der Waals surface area (Å²) in [6.07, 6.45) is 5.26.